The van der Waals surface area contributed by atoms with Crippen LogP contribution >= 0.6 is 0 Å². The summed E-state index contributed by atoms with van der Waals surface area (Å²) >= 11 is 0. The van der Waals surface area contributed by atoms with E-state index in [0.29, 0.717) is 17.9 Å². The summed E-state index contributed by atoms with van der Waals surface area (Å²) in [5.74, 6) is -0.341. The second-order valence-corrected chi connectivity index (χ2v) is 4.79. The fourth-order valence-electron chi connectivity index (χ4n) is 2.24. The molecule has 1 aliphatic heterocycles. The molecule has 1 saturated heterocycles. The SMILES string of the molecule is Fc1cc(F)cc(CCNCC2CCOCC2)c1. The molecule has 0 saturated carbocycles. The monoisotopic (exact) mass is 255 g/mol. The van der Waals surface area contributed by atoms with Gasteiger partial charge in [-0.15, -0.1) is 0 Å². The van der Waals surface area contributed by atoms with Crippen molar-refractivity contribution in [1.82, 2.24) is 5.32 Å². The molecule has 0 radical (unpaired) electrons. The van der Waals surface area contributed by atoms with Crippen molar-refractivity contribution in [2.24, 2.45) is 5.92 Å². The number of ether oxygens (including phenoxy) is 1. The predicted octanol–water partition coefficient (Wildman–Crippen LogP) is 2.52. The van der Waals surface area contributed by atoms with Gasteiger partial charge in [0, 0.05) is 19.3 Å². The zero-order chi connectivity index (χ0) is 12.8. The van der Waals surface area contributed by atoms with Crippen LogP contribution in [0.25, 0.3) is 0 Å². The standard InChI is InChI=1S/C14H19F2NO/c15-13-7-12(8-14(16)9-13)1-4-17-10-11-2-5-18-6-3-11/h7-9,11,17H,1-6,10H2. The van der Waals surface area contributed by atoms with Crippen LogP contribution in [0.4, 0.5) is 8.78 Å². The van der Waals surface area contributed by atoms with Crippen molar-refractivity contribution >= 4 is 0 Å². The number of benzene rings is 1. The summed E-state index contributed by atoms with van der Waals surface area (Å²) in [5, 5.41) is 3.34. The Morgan fingerprint density at radius 1 is 1.11 bits per heavy atom. The van der Waals surface area contributed by atoms with E-state index in [-0.39, 0.29) is 0 Å². The van der Waals surface area contributed by atoms with E-state index in [9.17, 15) is 8.78 Å². The van der Waals surface area contributed by atoms with E-state index in [1.807, 2.05) is 0 Å². The minimum Gasteiger partial charge on any atom is -0.381 e. The van der Waals surface area contributed by atoms with Crippen LogP contribution in [0.1, 0.15) is 18.4 Å². The van der Waals surface area contributed by atoms with E-state index in [1.54, 1.807) is 0 Å². The summed E-state index contributed by atoms with van der Waals surface area (Å²) in [7, 11) is 0. The smallest absolute Gasteiger partial charge is 0.126 e. The summed E-state index contributed by atoms with van der Waals surface area (Å²) in [6.45, 7) is 3.41. The number of rotatable bonds is 5. The molecule has 1 aromatic carbocycles. The zero-order valence-corrected chi connectivity index (χ0v) is 10.4. The van der Waals surface area contributed by atoms with Crippen LogP contribution < -0.4 is 5.32 Å². The molecule has 4 heteroatoms. The van der Waals surface area contributed by atoms with Gasteiger partial charge in [-0.25, -0.2) is 8.78 Å². The summed E-state index contributed by atoms with van der Waals surface area (Å²) in [5.41, 5.74) is 0.701. The molecule has 0 unspecified atom stereocenters. The van der Waals surface area contributed by atoms with Crippen molar-refractivity contribution in [2.45, 2.75) is 19.3 Å². The lowest BCUT2D eigenvalue weighted by atomic mass is 10.0. The minimum absolute atomic E-state index is 0.505. The minimum atomic E-state index is -0.505. The number of nitrogens with one attached hydrogen (secondary N) is 1. The maximum absolute atomic E-state index is 13.0. The Kier molecular flexibility index (Phi) is 5.08. The van der Waals surface area contributed by atoms with Gasteiger partial charge >= 0.3 is 0 Å². The summed E-state index contributed by atoms with van der Waals surface area (Å²) in [6, 6.07) is 3.68. The van der Waals surface area contributed by atoms with Crippen LogP contribution in [0.15, 0.2) is 18.2 Å². The maximum Gasteiger partial charge on any atom is 0.126 e. The first kappa shape index (κ1) is 13.4. The Balaban J connectivity index is 1.68. The molecular weight excluding hydrogens is 236 g/mol. The molecule has 0 atom stereocenters. The first-order chi connectivity index (χ1) is 8.74. The Labute approximate surface area is 106 Å². The molecule has 18 heavy (non-hydrogen) atoms. The van der Waals surface area contributed by atoms with Gasteiger partial charge in [0.1, 0.15) is 11.6 Å². The highest BCUT2D eigenvalue weighted by atomic mass is 19.1. The molecule has 1 N–H and O–H groups in total. The molecule has 1 aromatic rings. The van der Waals surface area contributed by atoms with Gasteiger partial charge in [0.05, 0.1) is 0 Å². The van der Waals surface area contributed by atoms with E-state index in [0.717, 1.165) is 45.2 Å². The van der Waals surface area contributed by atoms with Gasteiger partial charge in [0.25, 0.3) is 0 Å². The normalized spacial score (nSPS) is 17.0. The highest BCUT2D eigenvalue weighted by Gasteiger charge is 2.12. The summed E-state index contributed by atoms with van der Waals surface area (Å²) in [6.07, 6.45) is 2.85. The molecule has 0 amide bonds. The lowest BCUT2D eigenvalue weighted by Crippen LogP contribution is -2.29. The number of hydrogen-bond acceptors (Lipinski definition) is 2. The van der Waals surface area contributed by atoms with E-state index < -0.39 is 11.6 Å². The number of halogens is 2. The largest absolute Gasteiger partial charge is 0.381 e. The van der Waals surface area contributed by atoms with Crippen LogP contribution in [0.2, 0.25) is 0 Å². The second-order valence-electron chi connectivity index (χ2n) is 4.79. The molecule has 0 aliphatic carbocycles. The highest BCUT2D eigenvalue weighted by molar-refractivity contribution is 5.18. The van der Waals surface area contributed by atoms with Crippen LogP contribution in [0, 0.1) is 17.6 Å². The van der Waals surface area contributed by atoms with Gasteiger partial charge in [0.15, 0.2) is 0 Å². The van der Waals surface area contributed by atoms with E-state index in [4.69, 9.17) is 4.74 Å². The lowest BCUT2D eigenvalue weighted by Gasteiger charge is -2.22. The Morgan fingerprint density at radius 3 is 2.44 bits per heavy atom. The zero-order valence-electron chi connectivity index (χ0n) is 10.4. The topological polar surface area (TPSA) is 21.3 Å². The van der Waals surface area contributed by atoms with Gasteiger partial charge in [0.2, 0.25) is 0 Å². The Bertz CT molecular complexity index is 358. The van der Waals surface area contributed by atoms with Crippen LogP contribution in [-0.4, -0.2) is 26.3 Å². The van der Waals surface area contributed by atoms with Crippen LogP contribution in [0.3, 0.4) is 0 Å². The van der Waals surface area contributed by atoms with Gasteiger partial charge in [-0.1, -0.05) is 0 Å². The molecule has 0 bridgehead atoms. The molecule has 100 valence electrons. The summed E-state index contributed by atoms with van der Waals surface area (Å²) < 4.78 is 31.2. The van der Waals surface area contributed by atoms with Crippen molar-refractivity contribution < 1.29 is 13.5 Å². The molecule has 2 rings (SSSR count). The van der Waals surface area contributed by atoms with Crippen molar-refractivity contribution in [3.8, 4) is 0 Å². The Hall–Kier alpha value is -1.00. The van der Waals surface area contributed by atoms with E-state index in [2.05, 4.69) is 5.32 Å². The van der Waals surface area contributed by atoms with Crippen LogP contribution in [-0.2, 0) is 11.2 Å². The van der Waals surface area contributed by atoms with Crippen LogP contribution in [0.5, 0.6) is 0 Å². The van der Waals surface area contributed by atoms with Gasteiger partial charge in [-0.2, -0.15) is 0 Å². The molecular formula is C14H19F2NO. The third-order valence-corrected chi connectivity index (χ3v) is 3.29. The van der Waals surface area contributed by atoms with E-state index in [1.165, 1.54) is 12.1 Å². The fourth-order valence-corrected chi connectivity index (χ4v) is 2.24. The third-order valence-electron chi connectivity index (χ3n) is 3.29. The summed E-state index contributed by atoms with van der Waals surface area (Å²) in [4.78, 5) is 0. The molecule has 0 spiro atoms. The van der Waals surface area contributed by atoms with Crippen molar-refractivity contribution in [2.75, 3.05) is 26.3 Å². The average molecular weight is 255 g/mol. The van der Waals surface area contributed by atoms with E-state index >= 15 is 0 Å². The predicted molar refractivity (Wildman–Crippen MR) is 66.5 cm³/mol. The fraction of sp³-hybridized carbons (Fsp3) is 0.571. The highest BCUT2D eigenvalue weighted by Crippen LogP contribution is 2.13. The van der Waals surface area contributed by atoms with Gasteiger partial charge < -0.3 is 10.1 Å². The van der Waals surface area contributed by atoms with Crippen molar-refractivity contribution in [1.29, 1.82) is 0 Å². The van der Waals surface area contributed by atoms with Gasteiger partial charge in [-0.3, -0.25) is 0 Å². The quantitative estimate of drug-likeness (QED) is 0.816. The second kappa shape index (κ2) is 6.81. The third kappa shape index (κ3) is 4.35. The average Bonchev–Trinajstić information content (AvgIpc) is 2.35. The molecule has 0 aromatic heterocycles. The first-order valence-electron chi connectivity index (χ1n) is 6.47. The van der Waals surface area contributed by atoms with Gasteiger partial charge in [-0.05, 0) is 56.0 Å². The van der Waals surface area contributed by atoms with Crippen molar-refractivity contribution in [3.05, 3.63) is 35.4 Å². The molecule has 1 heterocycles. The molecule has 1 fully saturated rings. The lowest BCUT2D eigenvalue weighted by molar-refractivity contribution is 0.0664. The Morgan fingerprint density at radius 2 is 1.78 bits per heavy atom. The first-order valence-corrected chi connectivity index (χ1v) is 6.47. The molecule has 1 aliphatic rings. The molecule has 2 nitrogen and oxygen atoms in total. The van der Waals surface area contributed by atoms with Crippen molar-refractivity contribution in [3.63, 3.8) is 0 Å². The maximum atomic E-state index is 13.0. The number of hydrogen-bond donors (Lipinski definition) is 1.